The third-order valence-corrected chi connectivity index (χ3v) is 9.03. The molecule has 2 aliphatic rings. The predicted octanol–water partition coefficient (Wildman–Crippen LogP) is 5.79. The summed E-state index contributed by atoms with van der Waals surface area (Å²) in [5.74, 6) is 2.31. The van der Waals surface area contributed by atoms with Crippen LogP contribution in [-0.2, 0) is 22.5 Å². The van der Waals surface area contributed by atoms with Crippen LogP contribution < -0.4 is 10.1 Å². The highest BCUT2D eigenvalue weighted by Gasteiger charge is 2.30. The number of hydrogen-bond donors (Lipinski definition) is 1. The fourth-order valence-corrected chi connectivity index (χ4v) is 6.65. The quantitative estimate of drug-likeness (QED) is 0.273. The van der Waals surface area contributed by atoms with Crippen LogP contribution >= 0.6 is 11.3 Å². The second-order valence-corrected chi connectivity index (χ2v) is 12.6. The number of nitrogens with zero attached hydrogens (tertiary/aromatic N) is 5. The van der Waals surface area contributed by atoms with Crippen LogP contribution in [0.25, 0.3) is 10.2 Å². The molecule has 0 bridgehead atoms. The first-order valence-electron chi connectivity index (χ1n) is 14.3. The number of amides is 1. The standard InChI is InChI=1S/C32H36N6O3S/c1-21-16-23(8-10-26(21)41-24-9-7-22(2)33-17-24)36-30-29-25-11-13-37(18-27(25)42-31(29)35-20-34-30)28(39)6-5-12-38-14-15-40-19-32(38,3)4/h5-10,16-17,20H,11-15,18-19H2,1-4H3,(H,34,35,36)/b6-5+. The zero-order chi connectivity index (χ0) is 29.3. The Labute approximate surface area is 250 Å². The van der Waals surface area contributed by atoms with Gasteiger partial charge < -0.3 is 19.7 Å². The van der Waals surface area contributed by atoms with Gasteiger partial charge in [0.15, 0.2) is 0 Å². The summed E-state index contributed by atoms with van der Waals surface area (Å²) in [5, 5.41) is 4.54. The van der Waals surface area contributed by atoms with Gasteiger partial charge in [-0.1, -0.05) is 6.08 Å². The molecule has 1 fully saturated rings. The molecule has 218 valence electrons. The Balaban J connectivity index is 1.14. The normalized spacial score (nSPS) is 17.0. The molecule has 10 heteroatoms. The second-order valence-electron chi connectivity index (χ2n) is 11.5. The number of pyridine rings is 1. The van der Waals surface area contributed by atoms with E-state index in [0.717, 1.165) is 64.8 Å². The lowest BCUT2D eigenvalue weighted by molar-refractivity contribution is -0.126. The van der Waals surface area contributed by atoms with Crippen molar-refractivity contribution in [1.82, 2.24) is 24.8 Å². The van der Waals surface area contributed by atoms with Crippen molar-refractivity contribution in [1.29, 1.82) is 0 Å². The van der Waals surface area contributed by atoms with Crippen molar-refractivity contribution in [2.45, 2.75) is 46.2 Å². The van der Waals surface area contributed by atoms with Crippen LogP contribution in [0.3, 0.4) is 0 Å². The van der Waals surface area contributed by atoms with E-state index in [9.17, 15) is 4.79 Å². The van der Waals surface area contributed by atoms with Crippen LogP contribution in [0.5, 0.6) is 11.5 Å². The molecule has 0 atom stereocenters. The van der Waals surface area contributed by atoms with Crippen LogP contribution in [0, 0.1) is 13.8 Å². The van der Waals surface area contributed by atoms with E-state index in [-0.39, 0.29) is 11.4 Å². The molecular formula is C32H36N6O3S. The van der Waals surface area contributed by atoms with Crippen molar-refractivity contribution in [3.8, 4) is 11.5 Å². The fourth-order valence-electron chi connectivity index (χ4n) is 5.45. The number of rotatable bonds is 7. The number of morpholine rings is 1. The number of carbonyl (C=O) groups is 1. The monoisotopic (exact) mass is 584 g/mol. The Hall–Kier alpha value is -3.86. The minimum absolute atomic E-state index is 0.0246. The Morgan fingerprint density at radius 2 is 2.05 bits per heavy atom. The molecule has 4 aromatic rings. The Morgan fingerprint density at radius 3 is 2.83 bits per heavy atom. The highest BCUT2D eigenvalue weighted by Crippen LogP contribution is 2.38. The summed E-state index contributed by atoms with van der Waals surface area (Å²) in [6, 6.07) is 9.84. The number of aromatic nitrogens is 3. The van der Waals surface area contributed by atoms with Gasteiger partial charge in [0.2, 0.25) is 5.91 Å². The van der Waals surface area contributed by atoms with E-state index in [0.29, 0.717) is 25.4 Å². The summed E-state index contributed by atoms with van der Waals surface area (Å²) < 4.78 is 11.6. The minimum Gasteiger partial charge on any atom is -0.455 e. The van der Waals surface area contributed by atoms with Gasteiger partial charge in [0.25, 0.3) is 0 Å². The fraction of sp³-hybridized carbons (Fsp3) is 0.375. The first-order chi connectivity index (χ1) is 20.3. The van der Waals surface area contributed by atoms with E-state index in [1.165, 1.54) is 10.4 Å². The van der Waals surface area contributed by atoms with Gasteiger partial charge in [-0.2, -0.15) is 0 Å². The van der Waals surface area contributed by atoms with Crippen LogP contribution in [0.4, 0.5) is 11.5 Å². The zero-order valence-corrected chi connectivity index (χ0v) is 25.3. The lowest BCUT2D eigenvalue weighted by Crippen LogP contribution is -2.52. The molecule has 1 saturated heterocycles. The third kappa shape index (κ3) is 6.01. The second kappa shape index (κ2) is 11.8. The number of carbonyl (C=O) groups excluding carboxylic acids is 1. The van der Waals surface area contributed by atoms with E-state index in [1.807, 2.05) is 49.1 Å². The molecule has 1 aromatic carbocycles. The SMILES string of the molecule is Cc1ccc(Oc2ccc(Nc3ncnc4sc5c(c34)CCN(C(=O)/C=C/CN3CCOCC3(C)C)C5)cc2C)cn1. The molecule has 0 spiro atoms. The van der Waals surface area contributed by atoms with Gasteiger partial charge >= 0.3 is 0 Å². The van der Waals surface area contributed by atoms with E-state index in [4.69, 9.17) is 9.47 Å². The van der Waals surface area contributed by atoms with Crippen molar-refractivity contribution < 1.29 is 14.3 Å². The van der Waals surface area contributed by atoms with E-state index < -0.39 is 0 Å². The molecule has 2 aliphatic heterocycles. The average Bonchev–Trinajstić information content (AvgIpc) is 3.35. The van der Waals surface area contributed by atoms with Crippen LogP contribution in [-0.4, -0.2) is 69.0 Å². The zero-order valence-electron chi connectivity index (χ0n) is 24.5. The molecule has 0 aliphatic carbocycles. The van der Waals surface area contributed by atoms with E-state index in [1.54, 1.807) is 29.9 Å². The summed E-state index contributed by atoms with van der Waals surface area (Å²) >= 11 is 1.64. The highest BCUT2D eigenvalue weighted by atomic mass is 32.1. The smallest absolute Gasteiger partial charge is 0.246 e. The molecule has 0 radical (unpaired) electrons. The molecule has 6 rings (SSSR count). The van der Waals surface area contributed by atoms with Crippen molar-refractivity contribution in [2.75, 3.05) is 38.2 Å². The minimum atomic E-state index is -0.0246. The Morgan fingerprint density at radius 1 is 1.17 bits per heavy atom. The average molecular weight is 585 g/mol. The first-order valence-corrected chi connectivity index (χ1v) is 15.1. The number of nitrogens with one attached hydrogen (secondary N) is 1. The van der Waals surface area contributed by atoms with Gasteiger partial charge in [-0.3, -0.25) is 14.7 Å². The molecule has 42 heavy (non-hydrogen) atoms. The maximum atomic E-state index is 13.1. The van der Waals surface area contributed by atoms with Crippen LogP contribution in [0.2, 0.25) is 0 Å². The summed E-state index contributed by atoms with van der Waals surface area (Å²) in [4.78, 5) is 32.9. The number of aryl methyl sites for hydroxylation is 2. The van der Waals surface area contributed by atoms with E-state index in [2.05, 4.69) is 45.1 Å². The maximum Gasteiger partial charge on any atom is 0.246 e. The number of anilines is 2. The van der Waals surface area contributed by atoms with Gasteiger partial charge in [-0.15, -0.1) is 11.3 Å². The summed E-state index contributed by atoms with van der Waals surface area (Å²) in [5.41, 5.74) is 4.07. The van der Waals surface area contributed by atoms with Crippen molar-refractivity contribution in [2.24, 2.45) is 0 Å². The number of ether oxygens (including phenoxy) is 2. The predicted molar refractivity (Wildman–Crippen MR) is 166 cm³/mol. The van der Waals surface area contributed by atoms with Gasteiger partial charge in [-0.25, -0.2) is 9.97 Å². The van der Waals surface area contributed by atoms with Crippen LogP contribution in [0.1, 0.15) is 35.5 Å². The maximum absolute atomic E-state index is 13.1. The Bertz CT molecular complexity index is 1630. The highest BCUT2D eigenvalue weighted by molar-refractivity contribution is 7.19. The van der Waals surface area contributed by atoms with Gasteiger partial charge in [-0.05, 0) is 75.6 Å². The van der Waals surface area contributed by atoms with Gasteiger partial charge in [0.05, 0.1) is 31.3 Å². The molecule has 0 unspecified atom stereocenters. The largest absolute Gasteiger partial charge is 0.455 e. The first kappa shape index (κ1) is 28.3. The van der Waals surface area contributed by atoms with Crippen molar-refractivity contribution >= 4 is 39.0 Å². The lowest BCUT2D eigenvalue weighted by atomic mass is 10.0. The van der Waals surface area contributed by atoms with Gasteiger partial charge in [0, 0.05) is 47.5 Å². The van der Waals surface area contributed by atoms with Crippen molar-refractivity contribution in [3.05, 3.63) is 76.7 Å². The summed E-state index contributed by atoms with van der Waals surface area (Å²) in [6.07, 6.45) is 7.81. The number of fused-ring (bicyclic) bond motifs is 3. The van der Waals surface area contributed by atoms with Crippen LogP contribution in [0.15, 0.2) is 55.0 Å². The molecule has 9 nitrogen and oxygen atoms in total. The molecular weight excluding hydrogens is 548 g/mol. The van der Waals surface area contributed by atoms with E-state index >= 15 is 0 Å². The molecule has 0 saturated carbocycles. The molecule has 1 N–H and O–H groups in total. The summed E-state index contributed by atoms with van der Waals surface area (Å²) in [6.45, 7) is 12.6. The number of thiophene rings is 1. The third-order valence-electron chi connectivity index (χ3n) is 7.90. The van der Waals surface area contributed by atoms with Gasteiger partial charge in [0.1, 0.15) is 28.5 Å². The summed E-state index contributed by atoms with van der Waals surface area (Å²) in [7, 11) is 0. The number of benzene rings is 1. The topological polar surface area (TPSA) is 92.7 Å². The Kier molecular flexibility index (Phi) is 7.94. The lowest BCUT2D eigenvalue weighted by Gasteiger charge is -2.41. The van der Waals surface area contributed by atoms with Crippen molar-refractivity contribution in [3.63, 3.8) is 0 Å². The molecule has 3 aromatic heterocycles. The molecule has 1 amide bonds. The number of hydrogen-bond acceptors (Lipinski definition) is 9. The molecule has 5 heterocycles.